The molecule has 0 bridgehead atoms. The number of Topliss-reactive ketones (excluding diaryl/α,β-unsaturated/α-hetero) is 1. The summed E-state index contributed by atoms with van der Waals surface area (Å²) >= 11 is 0. The minimum atomic E-state index is -1.81. The van der Waals surface area contributed by atoms with Crippen molar-refractivity contribution in [2.75, 3.05) is 0 Å². The van der Waals surface area contributed by atoms with E-state index < -0.39 is 28.0 Å². The summed E-state index contributed by atoms with van der Waals surface area (Å²) < 4.78 is 17.0. The third kappa shape index (κ3) is 2.01. The summed E-state index contributed by atoms with van der Waals surface area (Å²) in [4.78, 5) is 24.5. The molecule has 0 aromatic heterocycles. The molecular weight excluding hydrogens is 343 g/mol. The fraction of sp³-hybridized carbons (Fsp3) is 0.739. The molecule has 4 aliphatic rings. The first-order valence-electron chi connectivity index (χ1n) is 10.2. The standard InChI is InChI=1S/C23H31FO3/c1-13-10-18-16-7-9-20(3,14(2)25)22(16,5)12-19(27)23(18,24)21(4)8-6-15(26)11-17(13)21/h6,8,11,13,16,18-19,27H,7,9-10,12H2,1-5H3/t13-,16+,18-,19+,20-,21+,22-,23+/m1/s1. The van der Waals surface area contributed by atoms with E-state index in [0.717, 1.165) is 18.4 Å². The number of ketones is 2. The van der Waals surface area contributed by atoms with Crippen molar-refractivity contribution in [3.05, 3.63) is 23.8 Å². The summed E-state index contributed by atoms with van der Waals surface area (Å²) in [6.45, 7) is 9.64. The van der Waals surface area contributed by atoms with Gasteiger partial charge in [0.25, 0.3) is 0 Å². The Morgan fingerprint density at radius 2 is 1.93 bits per heavy atom. The zero-order valence-corrected chi connectivity index (χ0v) is 17.0. The first kappa shape index (κ1) is 19.0. The topological polar surface area (TPSA) is 54.4 Å². The lowest BCUT2D eigenvalue weighted by Gasteiger charge is -2.64. The van der Waals surface area contributed by atoms with Crippen LogP contribution in [0.25, 0.3) is 0 Å². The van der Waals surface area contributed by atoms with E-state index in [1.807, 2.05) is 13.8 Å². The maximum atomic E-state index is 17.0. The van der Waals surface area contributed by atoms with Gasteiger partial charge >= 0.3 is 0 Å². The van der Waals surface area contributed by atoms with Gasteiger partial charge in [0.1, 0.15) is 5.78 Å². The molecule has 0 spiro atoms. The van der Waals surface area contributed by atoms with Crippen molar-refractivity contribution in [1.82, 2.24) is 0 Å². The maximum absolute atomic E-state index is 17.0. The molecule has 0 aliphatic heterocycles. The summed E-state index contributed by atoms with van der Waals surface area (Å²) in [5.74, 6) is -0.132. The molecule has 0 radical (unpaired) electrons. The molecule has 1 N–H and O–H groups in total. The summed E-state index contributed by atoms with van der Waals surface area (Å²) in [5, 5.41) is 11.2. The first-order valence-corrected chi connectivity index (χ1v) is 10.2. The Morgan fingerprint density at radius 1 is 1.26 bits per heavy atom. The monoisotopic (exact) mass is 374 g/mol. The highest BCUT2D eigenvalue weighted by Crippen LogP contribution is 2.72. The van der Waals surface area contributed by atoms with Crippen molar-refractivity contribution in [3.63, 3.8) is 0 Å². The van der Waals surface area contributed by atoms with Gasteiger partial charge in [-0.2, -0.15) is 0 Å². The largest absolute Gasteiger partial charge is 0.390 e. The number of aliphatic hydroxyl groups excluding tert-OH is 1. The van der Waals surface area contributed by atoms with Crippen LogP contribution in [0.1, 0.15) is 60.3 Å². The Labute approximate surface area is 161 Å². The number of aliphatic hydroxyl groups is 1. The molecule has 0 saturated heterocycles. The number of halogens is 1. The molecule has 0 aromatic carbocycles. The molecule has 4 rings (SSSR count). The summed E-state index contributed by atoms with van der Waals surface area (Å²) in [6, 6.07) is 0. The number of hydrogen-bond donors (Lipinski definition) is 1. The smallest absolute Gasteiger partial charge is 0.178 e. The highest BCUT2D eigenvalue weighted by Gasteiger charge is 2.73. The zero-order chi connectivity index (χ0) is 20.0. The second-order valence-electron chi connectivity index (χ2n) is 10.2. The van der Waals surface area contributed by atoms with Crippen LogP contribution < -0.4 is 0 Å². The van der Waals surface area contributed by atoms with Crippen molar-refractivity contribution >= 4 is 11.6 Å². The Bertz CT molecular complexity index is 784. The van der Waals surface area contributed by atoms with E-state index in [9.17, 15) is 14.7 Å². The van der Waals surface area contributed by atoms with Crippen LogP contribution in [0, 0.1) is 34.0 Å². The molecule has 0 heterocycles. The van der Waals surface area contributed by atoms with Gasteiger partial charge in [-0.3, -0.25) is 9.59 Å². The van der Waals surface area contributed by atoms with E-state index in [1.54, 1.807) is 19.1 Å². The predicted octanol–water partition coefficient (Wildman–Crippen LogP) is 4.20. The predicted molar refractivity (Wildman–Crippen MR) is 102 cm³/mol. The van der Waals surface area contributed by atoms with Gasteiger partial charge in [-0.05, 0) is 68.9 Å². The third-order valence-corrected chi connectivity index (χ3v) is 9.35. The van der Waals surface area contributed by atoms with Crippen molar-refractivity contribution in [1.29, 1.82) is 0 Å². The summed E-state index contributed by atoms with van der Waals surface area (Å²) in [7, 11) is 0. The first-order chi connectivity index (χ1) is 12.4. The van der Waals surface area contributed by atoms with Crippen molar-refractivity contribution in [2.45, 2.75) is 72.1 Å². The number of fused-ring (bicyclic) bond motifs is 5. The van der Waals surface area contributed by atoms with E-state index in [2.05, 4.69) is 13.8 Å². The van der Waals surface area contributed by atoms with Gasteiger partial charge in [-0.25, -0.2) is 4.39 Å². The van der Waals surface area contributed by atoms with Crippen molar-refractivity contribution < 1.29 is 19.1 Å². The average Bonchev–Trinajstić information content (AvgIpc) is 2.85. The van der Waals surface area contributed by atoms with Crippen LogP contribution >= 0.6 is 0 Å². The minimum absolute atomic E-state index is 0.0617. The second-order valence-corrected chi connectivity index (χ2v) is 10.2. The molecule has 27 heavy (non-hydrogen) atoms. The van der Waals surface area contributed by atoms with Gasteiger partial charge < -0.3 is 5.11 Å². The molecule has 3 fully saturated rings. The lowest BCUT2D eigenvalue weighted by molar-refractivity contribution is -0.208. The number of alkyl halides is 1. The quantitative estimate of drug-likeness (QED) is 0.748. The number of carbonyl (C=O) groups excluding carboxylic acids is 2. The molecule has 148 valence electrons. The molecular formula is C23H31FO3. The van der Waals surface area contributed by atoms with Gasteiger partial charge in [-0.1, -0.05) is 32.4 Å². The van der Waals surface area contributed by atoms with Gasteiger partial charge in [0.05, 0.1) is 6.10 Å². The SMILES string of the molecule is CC(=O)[C@@]1(C)CC[C@H]2[C@H]3C[C@@H](C)C4=CC(=O)C=C[C@]4(C)[C@@]3(F)[C@@H](O)C[C@]21C. The molecule has 4 heteroatoms. The van der Waals surface area contributed by atoms with Crippen LogP contribution in [-0.2, 0) is 9.59 Å². The summed E-state index contributed by atoms with van der Waals surface area (Å²) in [5.41, 5.74) is -2.89. The number of carbonyl (C=O) groups is 2. The van der Waals surface area contributed by atoms with Gasteiger partial charge in [0.2, 0.25) is 0 Å². The van der Waals surface area contributed by atoms with Gasteiger partial charge in [-0.15, -0.1) is 0 Å². The van der Waals surface area contributed by atoms with Crippen LogP contribution in [0.15, 0.2) is 23.8 Å². The molecule has 8 atom stereocenters. The Morgan fingerprint density at radius 3 is 2.56 bits per heavy atom. The van der Waals surface area contributed by atoms with Gasteiger partial charge in [0, 0.05) is 16.7 Å². The Hall–Kier alpha value is -1.29. The normalized spacial score (nSPS) is 54.0. The average molecular weight is 374 g/mol. The van der Waals surface area contributed by atoms with Gasteiger partial charge in [0.15, 0.2) is 11.5 Å². The van der Waals surface area contributed by atoms with E-state index >= 15 is 4.39 Å². The maximum Gasteiger partial charge on any atom is 0.178 e. The number of allylic oxidation sites excluding steroid dienone is 4. The highest BCUT2D eigenvalue weighted by atomic mass is 19.1. The molecule has 3 nitrogen and oxygen atoms in total. The zero-order valence-electron chi connectivity index (χ0n) is 17.0. The van der Waals surface area contributed by atoms with Crippen molar-refractivity contribution in [3.8, 4) is 0 Å². The lowest BCUT2D eigenvalue weighted by Crippen LogP contribution is -2.68. The van der Waals surface area contributed by atoms with E-state index in [0.29, 0.717) is 12.8 Å². The van der Waals surface area contributed by atoms with Crippen molar-refractivity contribution in [2.24, 2.45) is 34.0 Å². The highest BCUT2D eigenvalue weighted by molar-refractivity contribution is 6.01. The number of rotatable bonds is 1. The van der Waals surface area contributed by atoms with E-state index in [-0.39, 0.29) is 29.3 Å². The molecule has 0 unspecified atom stereocenters. The van der Waals surface area contributed by atoms with Crippen LogP contribution in [0.5, 0.6) is 0 Å². The van der Waals surface area contributed by atoms with E-state index in [4.69, 9.17) is 0 Å². The van der Waals surface area contributed by atoms with Crippen LogP contribution in [0.4, 0.5) is 4.39 Å². The fourth-order valence-electron chi connectivity index (χ4n) is 7.42. The third-order valence-electron chi connectivity index (χ3n) is 9.35. The minimum Gasteiger partial charge on any atom is -0.390 e. The van der Waals surface area contributed by atoms with E-state index in [1.165, 1.54) is 6.08 Å². The fourth-order valence-corrected chi connectivity index (χ4v) is 7.42. The summed E-state index contributed by atoms with van der Waals surface area (Å²) in [6.07, 6.45) is 6.05. The Balaban J connectivity index is 1.86. The molecule has 4 aliphatic carbocycles. The van der Waals surface area contributed by atoms with Crippen LogP contribution in [0.3, 0.4) is 0 Å². The lowest BCUT2D eigenvalue weighted by atomic mass is 9.42. The molecule has 0 aromatic rings. The Kier molecular flexibility index (Phi) is 3.81. The molecule has 0 amide bonds. The van der Waals surface area contributed by atoms with Crippen LogP contribution in [-0.4, -0.2) is 28.4 Å². The number of hydrogen-bond acceptors (Lipinski definition) is 3. The second kappa shape index (κ2) is 5.40. The van der Waals surface area contributed by atoms with Crippen LogP contribution in [0.2, 0.25) is 0 Å². The molecule has 3 saturated carbocycles.